The highest BCUT2D eigenvalue weighted by molar-refractivity contribution is 7.54. The molecule has 0 aromatic heterocycles. The number of hydrogen-bond donors (Lipinski definition) is 0. The highest BCUT2D eigenvalue weighted by atomic mass is 35.5. The SMILES string of the molecule is CC(C)OC(=O)[C@H](Cc1ccccc1)CP(=O)(Oc1ccc(Cl)cc1)Oc1c(F)c(F)c(F)c(F)c1F. The first-order valence-electron chi connectivity index (χ1n) is 10.9. The second kappa shape index (κ2) is 12.0. The lowest BCUT2D eigenvalue weighted by molar-refractivity contribution is -0.151. The average molecular weight is 563 g/mol. The van der Waals surface area contributed by atoms with Gasteiger partial charge in [0.05, 0.1) is 18.2 Å². The highest BCUT2D eigenvalue weighted by Gasteiger charge is 2.40. The van der Waals surface area contributed by atoms with E-state index in [0.717, 1.165) is 0 Å². The van der Waals surface area contributed by atoms with Crippen molar-refractivity contribution in [2.75, 3.05) is 6.16 Å². The molecular weight excluding hydrogens is 542 g/mol. The molecule has 0 saturated heterocycles. The molecule has 3 aromatic carbocycles. The van der Waals surface area contributed by atoms with Crippen LogP contribution in [-0.4, -0.2) is 18.2 Å². The minimum Gasteiger partial charge on any atom is -0.463 e. The Balaban J connectivity index is 2.06. The molecule has 0 radical (unpaired) electrons. The summed E-state index contributed by atoms with van der Waals surface area (Å²) in [6.07, 6.45) is -1.45. The number of carbonyl (C=O) groups excluding carboxylic acids is 1. The van der Waals surface area contributed by atoms with Gasteiger partial charge >= 0.3 is 13.6 Å². The van der Waals surface area contributed by atoms with Crippen molar-refractivity contribution in [2.24, 2.45) is 5.92 Å². The van der Waals surface area contributed by atoms with E-state index in [-0.39, 0.29) is 17.2 Å². The van der Waals surface area contributed by atoms with Crippen molar-refractivity contribution < 1.29 is 45.1 Å². The van der Waals surface area contributed by atoms with Crippen LogP contribution in [0.25, 0.3) is 0 Å². The van der Waals surface area contributed by atoms with Gasteiger partial charge in [-0.2, -0.15) is 8.78 Å². The molecular formula is C25H21ClF5O5P. The Hall–Kier alpha value is -3.10. The number of rotatable bonds is 10. The van der Waals surface area contributed by atoms with Gasteiger partial charge in [-0.25, -0.2) is 17.7 Å². The maximum absolute atomic E-state index is 14.4. The molecule has 12 heteroatoms. The summed E-state index contributed by atoms with van der Waals surface area (Å²) in [6.45, 7) is 3.15. The van der Waals surface area contributed by atoms with E-state index in [9.17, 15) is 31.3 Å². The zero-order valence-electron chi connectivity index (χ0n) is 19.5. The van der Waals surface area contributed by atoms with Crippen molar-refractivity contribution in [2.45, 2.75) is 26.4 Å². The molecule has 1 unspecified atom stereocenters. The van der Waals surface area contributed by atoms with Gasteiger partial charge in [0.1, 0.15) is 5.75 Å². The quantitative estimate of drug-likeness (QED) is 0.0842. The van der Waals surface area contributed by atoms with Gasteiger partial charge in [-0.3, -0.25) is 4.79 Å². The molecule has 0 aliphatic heterocycles. The van der Waals surface area contributed by atoms with E-state index in [1.807, 2.05) is 0 Å². The average Bonchev–Trinajstić information content (AvgIpc) is 2.85. The molecule has 0 spiro atoms. The molecule has 198 valence electrons. The molecule has 0 saturated carbocycles. The molecule has 0 N–H and O–H groups in total. The summed E-state index contributed by atoms with van der Waals surface area (Å²) < 4.78 is 99.4. The van der Waals surface area contributed by atoms with E-state index in [0.29, 0.717) is 5.56 Å². The van der Waals surface area contributed by atoms with Crippen LogP contribution in [0.15, 0.2) is 54.6 Å². The monoisotopic (exact) mass is 562 g/mol. The Kier molecular flexibility index (Phi) is 9.21. The third-order valence-corrected chi connectivity index (χ3v) is 7.00. The van der Waals surface area contributed by atoms with Crippen LogP contribution in [0.2, 0.25) is 5.02 Å². The fourth-order valence-electron chi connectivity index (χ4n) is 3.27. The van der Waals surface area contributed by atoms with E-state index in [4.69, 9.17) is 25.4 Å². The van der Waals surface area contributed by atoms with Crippen molar-refractivity contribution in [3.8, 4) is 11.5 Å². The standard InChI is InChI=1S/C25H21ClF5O5P/c1-14(2)34-25(32)16(12-15-6-4-3-5-7-15)13-37(33,35-18-10-8-17(26)9-11-18)36-24-22(30)20(28)19(27)21(29)23(24)31/h3-11,14,16H,12-13H2,1-2H3/t16-,37?/m1/s1. The van der Waals surface area contributed by atoms with Gasteiger partial charge in [0, 0.05) is 5.02 Å². The van der Waals surface area contributed by atoms with Gasteiger partial charge in [0.15, 0.2) is 0 Å². The summed E-state index contributed by atoms with van der Waals surface area (Å²) in [4.78, 5) is 12.9. The van der Waals surface area contributed by atoms with E-state index in [1.165, 1.54) is 24.3 Å². The van der Waals surface area contributed by atoms with E-state index < -0.39 is 66.6 Å². The fraction of sp³-hybridized carbons (Fsp3) is 0.240. The van der Waals surface area contributed by atoms with Crippen LogP contribution in [0.5, 0.6) is 11.5 Å². The fourth-order valence-corrected chi connectivity index (χ4v) is 5.28. The molecule has 37 heavy (non-hydrogen) atoms. The van der Waals surface area contributed by atoms with Crippen molar-refractivity contribution in [1.29, 1.82) is 0 Å². The first-order valence-corrected chi connectivity index (χ1v) is 13.0. The number of esters is 1. The first kappa shape index (κ1) is 28.5. The van der Waals surface area contributed by atoms with Gasteiger partial charge < -0.3 is 13.8 Å². The third kappa shape index (κ3) is 7.23. The molecule has 0 fully saturated rings. The smallest absolute Gasteiger partial charge is 0.431 e. The van der Waals surface area contributed by atoms with Crippen LogP contribution >= 0.6 is 19.2 Å². The van der Waals surface area contributed by atoms with Gasteiger partial charge in [-0.15, -0.1) is 0 Å². The van der Waals surface area contributed by atoms with Crippen LogP contribution in [0.3, 0.4) is 0 Å². The Bertz CT molecular complexity index is 1280. The Labute approximate surface area is 214 Å². The van der Waals surface area contributed by atoms with E-state index >= 15 is 0 Å². The number of carbonyl (C=O) groups is 1. The molecule has 0 bridgehead atoms. The number of benzene rings is 3. The predicted octanol–water partition coefficient (Wildman–Crippen LogP) is 7.50. The zero-order chi connectivity index (χ0) is 27.3. The molecule has 0 amide bonds. The lowest BCUT2D eigenvalue weighted by atomic mass is 10.0. The highest BCUT2D eigenvalue weighted by Crippen LogP contribution is 2.52. The van der Waals surface area contributed by atoms with Crippen molar-refractivity contribution in [1.82, 2.24) is 0 Å². The topological polar surface area (TPSA) is 61.8 Å². The van der Waals surface area contributed by atoms with Gasteiger partial charge in [-0.05, 0) is 50.1 Å². The molecule has 0 aliphatic carbocycles. The summed E-state index contributed by atoms with van der Waals surface area (Å²) in [5.41, 5.74) is 0.613. The molecule has 0 heterocycles. The van der Waals surface area contributed by atoms with Crippen LogP contribution in [-0.2, 0) is 20.5 Å². The van der Waals surface area contributed by atoms with Gasteiger partial charge in [0.25, 0.3) is 0 Å². The number of ether oxygens (including phenoxy) is 1. The second-order valence-electron chi connectivity index (χ2n) is 8.20. The predicted molar refractivity (Wildman–Crippen MR) is 126 cm³/mol. The summed E-state index contributed by atoms with van der Waals surface area (Å²) in [5.74, 6) is -15.8. The first-order chi connectivity index (χ1) is 17.4. The third-order valence-electron chi connectivity index (χ3n) is 4.91. The summed E-state index contributed by atoms with van der Waals surface area (Å²) >= 11 is 5.83. The van der Waals surface area contributed by atoms with E-state index in [2.05, 4.69) is 0 Å². The zero-order valence-corrected chi connectivity index (χ0v) is 21.2. The van der Waals surface area contributed by atoms with Gasteiger partial charge in [-0.1, -0.05) is 41.9 Å². The van der Waals surface area contributed by atoms with Crippen LogP contribution in [0.4, 0.5) is 22.0 Å². The summed E-state index contributed by atoms with van der Waals surface area (Å²) in [5, 5.41) is 0.269. The lowest BCUT2D eigenvalue weighted by Crippen LogP contribution is -2.28. The van der Waals surface area contributed by atoms with Gasteiger partial charge in [0.2, 0.25) is 34.8 Å². The van der Waals surface area contributed by atoms with Crippen LogP contribution in [0.1, 0.15) is 19.4 Å². The Morgan fingerprint density at radius 1 is 0.838 bits per heavy atom. The van der Waals surface area contributed by atoms with Crippen LogP contribution < -0.4 is 9.05 Å². The summed E-state index contributed by atoms with van der Waals surface area (Å²) in [7, 11) is -4.86. The Morgan fingerprint density at radius 2 is 1.38 bits per heavy atom. The van der Waals surface area contributed by atoms with Crippen molar-refractivity contribution in [3.63, 3.8) is 0 Å². The lowest BCUT2D eigenvalue weighted by Gasteiger charge is -2.25. The maximum Gasteiger partial charge on any atom is 0.431 e. The summed E-state index contributed by atoms with van der Waals surface area (Å²) in [6, 6.07) is 13.6. The molecule has 3 aromatic rings. The molecule has 0 aliphatic rings. The number of halogens is 6. The number of hydrogen-bond acceptors (Lipinski definition) is 5. The minimum absolute atomic E-state index is 0.0547. The minimum atomic E-state index is -4.86. The van der Waals surface area contributed by atoms with Crippen molar-refractivity contribution >= 4 is 25.2 Å². The van der Waals surface area contributed by atoms with Crippen molar-refractivity contribution in [3.05, 3.63) is 94.3 Å². The maximum atomic E-state index is 14.4. The molecule has 3 rings (SSSR count). The second-order valence-corrected chi connectivity index (χ2v) is 10.6. The largest absolute Gasteiger partial charge is 0.463 e. The Morgan fingerprint density at radius 3 is 1.92 bits per heavy atom. The van der Waals surface area contributed by atoms with E-state index in [1.54, 1.807) is 44.2 Å². The normalized spacial score (nSPS) is 13.6. The molecule has 5 nitrogen and oxygen atoms in total. The van der Waals surface area contributed by atoms with Crippen LogP contribution in [0, 0.1) is 35.0 Å². The molecule has 2 atom stereocenters.